The molecule has 0 atom stereocenters. The van der Waals surface area contributed by atoms with Gasteiger partial charge in [-0.3, -0.25) is 8.42 Å². The third-order valence-electron chi connectivity index (χ3n) is 0. The Hall–Kier alpha value is 0.454. The van der Waals surface area contributed by atoms with Gasteiger partial charge in [-0.2, -0.15) is 0 Å². The fraction of sp³-hybridized carbons (Fsp3) is 0. The molecule has 0 heterocycles. The van der Waals surface area contributed by atoms with E-state index in [9.17, 15) is 0 Å². The van der Waals surface area contributed by atoms with Gasteiger partial charge in [-0.1, -0.05) is 0 Å². The van der Waals surface area contributed by atoms with E-state index in [4.69, 9.17) is 17.5 Å². The Morgan fingerprint density at radius 2 is 1.33 bits per heavy atom. The topological polar surface area (TPSA) is 80.3 Å². The van der Waals surface area contributed by atoms with Crippen LogP contribution in [-0.2, 0) is 29.0 Å². The van der Waals surface area contributed by atoms with Crippen LogP contribution in [0.5, 0.6) is 0 Å². The van der Waals surface area contributed by atoms with E-state index < -0.39 is 10.4 Å². The first-order valence-electron chi connectivity index (χ1n) is 0.667. The fourth-order valence-corrected chi connectivity index (χ4v) is 0. The van der Waals surface area contributed by atoms with E-state index >= 15 is 0 Å². The van der Waals surface area contributed by atoms with E-state index in [1.165, 1.54) is 0 Å². The average Bonchev–Trinajstić information content (AvgIpc) is 0.722. The van der Waals surface area contributed by atoms with Gasteiger partial charge in [0.25, 0.3) is 0 Å². The van der Waals surface area contributed by atoms with E-state index in [0.29, 0.717) is 0 Å². The SMILES string of the molecule is O=S(=O)([O-])[O-].[H+].[V+3]. The fourth-order valence-electron chi connectivity index (χ4n) is 0. The summed E-state index contributed by atoms with van der Waals surface area (Å²) in [6.07, 6.45) is 0. The first kappa shape index (κ1) is 9.68. The van der Waals surface area contributed by atoms with Crippen LogP contribution in [0.25, 0.3) is 0 Å². The molecule has 0 saturated carbocycles. The van der Waals surface area contributed by atoms with E-state index in [1.54, 1.807) is 0 Å². The predicted molar refractivity (Wildman–Crippen MR) is 11.6 cm³/mol. The van der Waals surface area contributed by atoms with Crippen molar-refractivity contribution in [3.63, 3.8) is 0 Å². The van der Waals surface area contributed by atoms with Crippen molar-refractivity contribution in [3.05, 3.63) is 0 Å². The van der Waals surface area contributed by atoms with Crippen LogP contribution >= 0.6 is 0 Å². The molecule has 0 spiro atoms. The normalized spacial score (nSPS) is 9.67. The maximum absolute atomic E-state index is 8.52. The molecule has 0 aliphatic rings. The minimum atomic E-state index is -5.17. The minimum absolute atomic E-state index is 0. The molecule has 0 amide bonds. The number of hydrogen-bond donors (Lipinski definition) is 0. The van der Waals surface area contributed by atoms with Crippen molar-refractivity contribution in [1.82, 2.24) is 0 Å². The van der Waals surface area contributed by atoms with Crippen molar-refractivity contribution < 1.29 is 37.5 Å². The molecule has 0 saturated heterocycles. The van der Waals surface area contributed by atoms with E-state index in [0.717, 1.165) is 0 Å². The van der Waals surface area contributed by atoms with E-state index in [1.807, 2.05) is 0 Å². The van der Waals surface area contributed by atoms with Crippen LogP contribution in [0.2, 0.25) is 0 Å². The standard InChI is InChI=1S/H2O4S.V/c1-5(2,3)4;/h(H2,1,2,3,4);/q;+3/p-1. The van der Waals surface area contributed by atoms with Crippen LogP contribution in [0.3, 0.4) is 0 Å². The third-order valence-corrected chi connectivity index (χ3v) is 0. The van der Waals surface area contributed by atoms with Gasteiger partial charge in [0.1, 0.15) is 0 Å². The number of hydrogen-bond acceptors (Lipinski definition) is 4. The van der Waals surface area contributed by atoms with Crippen molar-refractivity contribution in [2.24, 2.45) is 0 Å². The molecule has 0 unspecified atom stereocenters. The van der Waals surface area contributed by atoms with Crippen molar-refractivity contribution in [2.45, 2.75) is 0 Å². The molecule has 0 fully saturated rings. The Bertz CT molecular complexity index is 94.9. The summed E-state index contributed by atoms with van der Waals surface area (Å²) >= 11 is 0. The quantitative estimate of drug-likeness (QED) is 0.318. The summed E-state index contributed by atoms with van der Waals surface area (Å²) in [5.41, 5.74) is 0. The van der Waals surface area contributed by atoms with E-state index in [2.05, 4.69) is 0 Å². The molecule has 4 nitrogen and oxygen atoms in total. The second-order valence-electron chi connectivity index (χ2n) is 0.408. The van der Waals surface area contributed by atoms with Crippen LogP contribution < -0.4 is 0 Å². The summed E-state index contributed by atoms with van der Waals surface area (Å²) in [5.74, 6) is 0. The van der Waals surface area contributed by atoms with Crippen LogP contribution in [0.1, 0.15) is 1.43 Å². The maximum atomic E-state index is 8.52. The molecule has 34 valence electrons. The van der Waals surface area contributed by atoms with Crippen LogP contribution in [0.4, 0.5) is 0 Å². The van der Waals surface area contributed by atoms with Gasteiger partial charge in [-0.05, 0) is 0 Å². The third kappa shape index (κ3) is 257. The molecule has 0 bridgehead atoms. The minimum Gasteiger partial charge on any atom is -0.759 e. The molecule has 0 radical (unpaired) electrons. The van der Waals surface area contributed by atoms with Crippen molar-refractivity contribution in [2.75, 3.05) is 0 Å². The molecule has 0 aromatic carbocycles. The molecular formula is HO4SV+2. The second-order valence-corrected chi connectivity index (χ2v) is 1.22. The van der Waals surface area contributed by atoms with E-state index in [-0.39, 0.29) is 20.0 Å². The summed E-state index contributed by atoms with van der Waals surface area (Å²) in [5, 5.41) is 0. The van der Waals surface area contributed by atoms with Gasteiger partial charge in [-0.25, -0.2) is 0 Å². The monoisotopic (exact) mass is 148 g/mol. The van der Waals surface area contributed by atoms with Gasteiger partial charge in [0.05, 0.1) is 0 Å². The molecule has 0 aliphatic carbocycles. The zero-order valence-electron chi connectivity index (χ0n) is 3.49. The van der Waals surface area contributed by atoms with Gasteiger partial charge in [0.2, 0.25) is 0 Å². The molecule has 0 rings (SSSR count). The average molecular weight is 148 g/mol. The second kappa shape index (κ2) is 2.60. The molecule has 0 N–H and O–H groups in total. The van der Waals surface area contributed by atoms with Crippen LogP contribution in [0.15, 0.2) is 0 Å². The van der Waals surface area contributed by atoms with Crippen LogP contribution in [0, 0.1) is 0 Å². The Kier molecular flexibility index (Phi) is 4.19. The van der Waals surface area contributed by atoms with Crippen molar-refractivity contribution in [3.8, 4) is 0 Å². The molecule has 0 aromatic rings. The Labute approximate surface area is 48.5 Å². The Balaban J connectivity index is -0.0000000800. The van der Waals surface area contributed by atoms with Crippen LogP contribution in [-0.4, -0.2) is 17.5 Å². The van der Waals surface area contributed by atoms with Crippen molar-refractivity contribution >= 4 is 10.4 Å². The van der Waals surface area contributed by atoms with Gasteiger partial charge < -0.3 is 9.11 Å². The van der Waals surface area contributed by atoms with Gasteiger partial charge in [-0.15, -0.1) is 0 Å². The number of rotatable bonds is 0. The zero-order chi connectivity index (χ0) is 4.50. The summed E-state index contributed by atoms with van der Waals surface area (Å²) < 4.78 is 34.1. The molecule has 0 aromatic heterocycles. The molecule has 6 heteroatoms. The maximum Gasteiger partial charge on any atom is 3.00 e. The molecule has 0 aliphatic heterocycles. The Morgan fingerprint density at radius 3 is 1.33 bits per heavy atom. The molecular weight excluding hydrogens is 147 g/mol. The Morgan fingerprint density at radius 1 is 1.33 bits per heavy atom. The van der Waals surface area contributed by atoms with Crippen molar-refractivity contribution in [1.29, 1.82) is 0 Å². The first-order valence-corrected chi connectivity index (χ1v) is 2.00. The predicted octanol–water partition coefficient (Wildman–Crippen LogP) is -1.23. The summed E-state index contributed by atoms with van der Waals surface area (Å²) in [6.45, 7) is 0. The van der Waals surface area contributed by atoms with Gasteiger partial charge in [0, 0.05) is 10.4 Å². The zero-order valence-corrected chi connectivity index (χ0v) is 4.70. The molecule has 6 heavy (non-hydrogen) atoms. The summed E-state index contributed by atoms with van der Waals surface area (Å²) in [7, 11) is -5.17. The van der Waals surface area contributed by atoms with Gasteiger partial charge >= 0.3 is 20.0 Å². The largest absolute Gasteiger partial charge is 3.00 e. The smallest absolute Gasteiger partial charge is 0.759 e. The first-order chi connectivity index (χ1) is 2.00. The summed E-state index contributed by atoms with van der Waals surface area (Å²) in [6, 6.07) is 0. The summed E-state index contributed by atoms with van der Waals surface area (Å²) in [4.78, 5) is 0. The van der Waals surface area contributed by atoms with Gasteiger partial charge in [0.15, 0.2) is 0 Å².